The van der Waals surface area contributed by atoms with E-state index in [0.717, 1.165) is 36.6 Å². The van der Waals surface area contributed by atoms with E-state index < -0.39 is 9.84 Å². The maximum absolute atomic E-state index is 11.4. The molecule has 1 aliphatic heterocycles. The molecule has 1 aliphatic rings. The van der Waals surface area contributed by atoms with Crippen molar-refractivity contribution in [2.24, 2.45) is 12.0 Å². The second-order valence-corrected chi connectivity index (χ2v) is 9.31. The predicted molar refractivity (Wildman–Crippen MR) is 123 cm³/mol. The lowest BCUT2D eigenvalue weighted by Gasteiger charge is -2.21. The molecule has 2 heterocycles. The third-order valence-electron chi connectivity index (χ3n) is 4.80. The van der Waals surface area contributed by atoms with Crippen LogP contribution in [-0.2, 0) is 29.2 Å². The van der Waals surface area contributed by atoms with Crippen molar-refractivity contribution in [1.29, 1.82) is 0 Å². The van der Waals surface area contributed by atoms with Gasteiger partial charge in [0.1, 0.15) is 0 Å². The third kappa shape index (κ3) is 6.20. The molecule has 1 aromatic heterocycles. The molecule has 1 atom stereocenters. The molecule has 1 N–H and O–H groups in total. The fourth-order valence-corrected chi connectivity index (χ4v) is 4.24. The number of hydrogen-bond donors (Lipinski definition) is 1. The Labute approximate surface area is 184 Å². The molecule has 0 amide bonds. The monoisotopic (exact) mass is 517 g/mol. The number of halogens is 1. The summed E-state index contributed by atoms with van der Waals surface area (Å²) in [4.78, 5) is 6.69. The van der Waals surface area contributed by atoms with Gasteiger partial charge < -0.3 is 10.2 Å². The first-order valence-electron chi connectivity index (χ1n) is 9.04. The van der Waals surface area contributed by atoms with Gasteiger partial charge in [0.15, 0.2) is 15.8 Å². The molecule has 1 saturated heterocycles. The molecule has 0 saturated carbocycles. The van der Waals surface area contributed by atoms with Crippen LogP contribution in [0.25, 0.3) is 0 Å². The van der Waals surface area contributed by atoms with Gasteiger partial charge >= 0.3 is 0 Å². The van der Waals surface area contributed by atoms with E-state index in [1.807, 2.05) is 42.2 Å². The number of nitrogens with one attached hydrogen (secondary N) is 1. The van der Waals surface area contributed by atoms with Crippen LogP contribution in [0.3, 0.4) is 0 Å². The van der Waals surface area contributed by atoms with E-state index in [2.05, 4.69) is 26.5 Å². The van der Waals surface area contributed by atoms with Crippen molar-refractivity contribution in [3.05, 3.63) is 53.3 Å². The van der Waals surface area contributed by atoms with Gasteiger partial charge in [0.25, 0.3) is 0 Å². The number of guanidine groups is 1. The quantitative estimate of drug-likeness (QED) is 0.374. The molecule has 0 radical (unpaired) electrons. The van der Waals surface area contributed by atoms with E-state index >= 15 is 0 Å². The molecule has 3 rings (SSSR count). The van der Waals surface area contributed by atoms with Gasteiger partial charge in [0.2, 0.25) is 0 Å². The van der Waals surface area contributed by atoms with Crippen LogP contribution in [0.4, 0.5) is 0 Å². The zero-order valence-corrected chi connectivity index (χ0v) is 19.6. The van der Waals surface area contributed by atoms with Crippen molar-refractivity contribution in [1.82, 2.24) is 20.0 Å². The highest BCUT2D eigenvalue weighted by Gasteiger charge is 2.26. The number of aryl methyl sites for hydroxylation is 1. The first-order chi connectivity index (χ1) is 12.8. The van der Waals surface area contributed by atoms with E-state index in [4.69, 9.17) is 0 Å². The fraction of sp³-hybridized carbons (Fsp3) is 0.474. The van der Waals surface area contributed by atoms with Gasteiger partial charge in [0.05, 0.1) is 11.9 Å². The van der Waals surface area contributed by atoms with Crippen molar-refractivity contribution in [3.8, 4) is 0 Å². The van der Waals surface area contributed by atoms with Gasteiger partial charge in [-0.05, 0) is 23.1 Å². The number of nitrogens with zero attached hydrogens (tertiary/aromatic N) is 4. The topological polar surface area (TPSA) is 79.6 Å². The van der Waals surface area contributed by atoms with Gasteiger partial charge in [-0.3, -0.25) is 9.67 Å². The molecule has 1 unspecified atom stereocenters. The van der Waals surface area contributed by atoms with Gasteiger partial charge in [-0.25, -0.2) is 8.42 Å². The minimum Gasteiger partial charge on any atom is -0.352 e. The second-order valence-electron chi connectivity index (χ2n) is 7.17. The summed E-state index contributed by atoms with van der Waals surface area (Å²) in [6, 6.07) is 7.66. The lowest BCUT2D eigenvalue weighted by molar-refractivity contribution is 0.486. The minimum atomic E-state index is -3.00. The number of aromatic nitrogens is 2. The van der Waals surface area contributed by atoms with E-state index in [-0.39, 0.29) is 29.7 Å². The van der Waals surface area contributed by atoms with Gasteiger partial charge in [-0.2, -0.15) is 5.10 Å². The van der Waals surface area contributed by atoms with Crippen LogP contribution in [-0.4, -0.2) is 55.5 Å². The minimum absolute atomic E-state index is 0. The second kappa shape index (κ2) is 9.73. The van der Waals surface area contributed by atoms with Crippen LogP contribution < -0.4 is 5.32 Å². The molecular weight excluding hydrogens is 489 g/mol. The highest BCUT2D eigenvalue weighted by molar-refractivity contribution is 14.0. The Morgan fingerprint density at radius 3 is 2.54 bits per heavy atom. The van der Waals surface area contributed by atoms with Crippen molar-refractivity contribution in [2.45, 2.75) is 24.6 Å². The maximum Gasteiger partial charge on any atom is 0.193 e. The number of sulfone groups is 1. The third-order valence-corrected chi connectivity index (χ3v) is 5.66. The molecule has 28 heavy (non-hydrogen) atoms. The van der Waals surface area contributed by atoms with Crippen molar-refractivity contribution >= 4 is 39.8 Å². The lowest BCUT2D eigenvalue weighted by atomic mass is 10.0. The van der Waals surface area contributed by atoms with E-state index in [0.29, 0.717) is 12.5 Å². The maximum atomic E-state index is 11.4. The fourth-order valence-electron chi connectivity index (χ4n) is 3.45. The van der Waals surface area contributed by atoms with Gasteiger partial charge in [-0.1, -0.05) is 24.3 Å². The zero-order valence-electron chi connectivity index (χ0n) is 16.5. The van der Waals surface area contributed by atoms with Crippen LogP contribution in [0.15, 0.2) is 41.7 Å². The van der Waals surface area contributed by atoms with Gasteiger partial charge in [0, 0.05) is 52.1 Å². The molecule has 154 valence electrons. The van der Waals surface area contributed by atoms with Crippen LogP contribution in [0, 0.1) is 0 Å². The van der Waals surface area contributed by atoms with Crippen molar-refractivity contribution in [3.63, 3.8) is 0 Å². The summed E-state index contributed by atoms with van der Waals surface area (Å²) in [5, 5.41) is 7.68. The molecule has 0 bridgehead atoms. The SMILES string of the molecule is CN=C(NCc1ccc(CS(C)(=O)=O)cc1)N1CCC(c2cnn(C)c2)C1.I. The Morgan fingerprint density at radius 1 is 1.29 bits per heavy atom. The predicted octanol–water partition coefficient (Wildman–Crippen LogP) is 2.15. The summed E-state index contributed by atoms with van der Waals surface area (Å²) >= 11 is 0. The van der Waals surface area contributed by atoms with Crippen LogP contribution in [0.1, 0.15) is 29.0 Å². The molecule has 1 fully saturated rings. The van der Waals surface area contributed by atoms with Crippen LogP contribution in [0.2, 0.25) is 0 Å². The zero-order chi connectivity index (χ0) is 19.4. The highest BCUT2D eigenvalue weighted by Crippen LogP contribution is 2.26. The first kappa shape index (κ1) is 22.7. The Kier molecular flexibility index (Phi) is 7.87. The molecule has 9 heteroatoms. The van der Waals surface area contributed by atoms with Crippen molar-refractivity contribution in [2.75, 3.05) is 26.4 Å². The number of rotatable bonds is 5. The lowest BCUT2D eigenvalue weighted by Crippen LogP contribution is -2.39. The summed E-state index contributed by atoms with van der Waals surface area (Å²) in [7, 11) is 0.738. The Bertz CT molecular complexity index is 909. The van der Waals surface area contributed by atoms with E-state index in [1.54, 1.807) is 7.05 Å². The highest BCUT2D eigenvalue weighted by atomic mass is 127. The van der Waals surface area contributed by atoms with Crippen LogP contribution >= 0.6 is 24.0 Å². The van der Waals surface area contributed by atoms with E-state index in [1.165, 1.54) is 11.8 Å². The molecule has 2 aromatic rings. The molecular formula is C19H28IN5O2S. The number of likely N-dealkylation sites (tertiary alicyclic amines) is 1. The molecule has 0 aliphatic carbocycles. The number of hydrogen-bond acceptors (Lipinski definition) is 4. The smallest absolute Gasteiger partial charge is 0.193 e. The standard InChI is InChI=1S/C19H27N5O2S.HI/c1-20-19(24-9-8-17(13-24)18-11-22-23(2)12-18)21-10-15-4-6-16(7-5-15)14-27(3,25)26;/h4-7,11-12,17H,8-10,13-14H2,1-3H3,(H,20,21);1H. The average molecular weight is 517 g/mol. The summed E-state index contributed by atoms with van der Waals surface area (Å²) < 4.78 is 24.6. The molecule has 7 nitrogen and oxygen atoms in total. The number of benzene rings is 1. The average Bonchev–Trinajstić information content (AvgIpc) is 3.25. The first-order valence-corrected chi connectivity index (χ1v) is 11.1. The Hall–Kier alpha value is -1.62. The summed E-state index contributed by atoms with van der Waals surface area (Å²) in [6.45, 7) is 2.55. The Morgan fingerprint density at radius 2 is 1.96 bits per heavy atom. The normalized spacial score (nSPS) is 17.5. The molecule has 0 spiro atoms. The summed E-state index contributed by atoms with van der Waals surface area (Å²) in [5.74, 6) is 1.44. The van der Waals surface area contributed by atoms with Gasteiger partial charge in [-0.15, -0.1) is 24.0 Å². The molecule has 1 aromatic carbocycles. The summed E-state index contributed by atoms with van der Waals surface area (Å²) in [5.41, 5.74) is 3.18. The Balaban J connectivity index is 0.00000280. The largest absolute Gasteiger partial charge is 0.352 e. The van der Waals surface area contributed by atoms with Crippen LogP contribution in [0.5, 0.6) is 0 Å². The summed E-state index contributed by atoms with van der Waals surface area (Å²) in [6.07, 6.45) is 6.37. The van der Waals surface area contributed by atoms with E-state index in [9.17, 15) is 8.42 Å². The van der Waals surface area contributed by atoms with Crippen molar-refractivity contribution < 1.29 is 8.42 Å². The number of aliphatic imine (C=N–C) groups is 1.